The van der Waals surface area contributed by atoms with Crippen LogP contribution in [0.25, 0.3) is 5.76 Å². The first kappa shape index (κ1) is 29.0. The number of methoxy groups -OCH3 is 2. The summed E-state index contributed by atoms with van der Waals surface area (Å²) < 4.78 is 16.6. The number of nitrogens with zero attached hydrogens (tertiary/aromatic N) is 1. The lowest BCUT2D eigenvalue weighted by Gasteiger charge is -2.27. The molecule has 0 aromatic heterocycles. The monoisotopic (exact) mass is 563 g/mol. The van der Waals surface area contributed by atoms with E-state index >= 15 is 0 Å². The fraction of sp³-hybridized carbons (Fsp3) is 0.312. The molecule has 1 unspecified atom stereocenters. The molecule has 0 bridgehead atoms. The Morgan fingerprint density at radius 3 is 2.05 bits per heavy atom. The number of rotatable bonds is 7. The third-order valence-corrected chi connectivity index (χ3v) is 7.05. The average Bonchev–Trinajstić information content (AvgIpc) is 3.17. The number of amides is 1. The van der Waals surface area contributed by atoms with Crippen LogP contribution in [0.15, 0.2) is 66.2 Å². The number of ketones is 1. The summed E-state index contributed by atoms with van der Waals surface area (Å²) >= 11 is 6.28. The summed E-state index contributed by atoms with van der Waals surface area (Å²) in [6.45, 7) is 10.2. The average molecular weight is 564 g/mol. The molecule has 1 N–H and O–H groups in total. The van der Waals surface area contributed by atoms with Crippen molar-refractivity contribution in [3.63, 3.8) is 0 Å². The molecule has 1 fully saturated rings. The van der Waals surface area contributed by atoms with Crippen molar-refractivity contribution in [3.8, 4) is 17.2 Å². The van der Waals surface area contributed by atoms with Crippen molar-refractivity contribution in [2.75, 3.05) is 19.1 Å². The minimum absolute atomic E-state index is 0.0230. The summed E-state index contributed by atoms with van der Waals surface area (Å²) in [5, 5.41) is 11.9. The van der Waals surface area contributed by atoms with Crippen LogP contribution in [0.5, 0.6) is 17.2 Å². The Hall–Kier alpha value is -3.97. The number of benzene rings is 3. The minimum atomic E-state index is -0.917. The zero-order valence-electron chi connectivity index (χ0n) is 23.7. The molecular weight excluding hydrogens is 530 g/mol. The van der Waals surface area contributed by atoms with E-state index in [0.717, 1.165) is 5.56 Å². The predicted octanol–water partition coefficient (Wildman–Crippen LogP) is 7.07. The molecule has 1 aliphatic rings. The van der Waals surface area contributed by atoms with E-state index in [0.29, 0.717) is 17.0 Å². The summed E-state index contributed by atoms with van der Waals surface area (Å²) in [4.78, 5) is 28.6. The van der Waals surface area contributed by atoms with Crippen LogP contribution < -0.4 is 19.1 Å². The molecule has 3 aromatic carbocycles. The lowest BCUT2D eigenvalue weighted by atomic mass is 9.87. The van der Waals surface area contributed by atoms with Crippen LogP contribution >= 0.6 is 11.6 Å². The quantitative estimate of drug-likeness (QED) is 0.188. The van der Waals surface area contributed by atoms with Crippen molar-refractivity contribution in [2.45, 2.75) is 52.2 Å². The molecule has 1 heterocycles. The molecule has 0 aliphatic carbocycles. The number of hydrogen-bond acceptors (Lipinski definition) is 6. The zero-order valence-corrected chi connectivity index (χ0v) is 24.5. The number of halogens is 1. The maximum atomic E-state index is 13.6. The maximum absolute atomic E-state index is 13.6. The SMILES string of the molecule is COc1cc(/C(O)=C2\C(=O)C(=O)N(c3ccc(C(C)(C)C)cc3)C2c2ccc(OC(C)C)cc2)c(OC)cc1Cl. The zero-order chi connectivity index (χ0) is 29.4. The molecule has 8 heteroatoms. The fourth-order valence-corrected chi connectivity index (χ4v) is 4.96. The van der Waals surface area contributed by atoms with Crippen molar-refractivity contribution < 1.29 is 28.9 Å². The van der Waals surface area contributed by atoms with Gasteiger partial charge in [-0.05, 0) is 60.7 Å². The third-order valence-electron chi connectivity index (χ3n) is 6.75. The Balaban J connectivity index is 1.94. The highest BCUT2D eigenvalue weighted by Crippen LogP contribution is 2.45. The van der Waals surface area contributed by atoms with Crippen molar-refractivity contribution in [1.82, 2.24) is 0 Å². The van der Waals surface area contributed by atoms with Gasteiger partial charge in [-0.2, -0.15) is 0 Å². The third kappa shape index (κ3) is 5.52. The standard InChI is InChI=1S/C32H34ClNO6/c1-18(2)40-22-14-8-19(9-15-22)28-27(29(35)23-16-26(39-7)24(33)17-25(23)38-6)30(36)31(37)34(28)21-12-10-20(11-13-21)32(3,4)5/h8-18,28,35H,1-7H3/b29-27+. The van der Waals surface area contributed by atoms with E-state index in [9.17, 15) is 14.7 Å². The van der Waals surface area contributed by atoms with Gasteiger partial charge in [0.05, 0.1) is 42.5 Å². The Kier molecular flexibility index (Phi) is 8.17. The molecule has 0 radical (unpaired) electrons. The van der Waals surface area contributed by atoms with Crippen LogP contribution in [0.1, 0.15) is 57.4 Å². The molecule has 7 nitrogen and oxygen atoms in total. The van der Waals surface area contributed by atoms with Crippen LogP contribution in [0.2, 0.25) is 5.02 Å². The molecule has 0 saturated carbocycles. The van der Waals surface area contributed by atoms with Crippen LogP contribution in [0.4, 0.5) is 5.69 Å². The summed E-state index contributed by atoms with van der Waals surface area (Å²) in [5.41, 5.74) is 2.24. The van der Waals surface area contributed by atoms with E-state index in [4.69, 9.17) is 25.8 Å². The summed E-state index contributed by atoms with van der Waals surface area (Å²) in [5.74, 6) is -0.814. The number of carbonyl (C=O) groups excluding carboxylic acids is 2. The van der Waals surface area contributed by atoms with E-state index in [-0.39, 0.29) is 39.2 Å². The maximum Gasteiger partial charge on any atom is 0.300 e. The molecule has 1 atom stereocenters. The van der Waals surface area contributed by atoms with Crippen LogP contribution in [-0.2, 0) is 15.0 Å². The van der Waals surface area contributed by atoms with Gasteiger partial charge in [-0.25, -0.2) is 0 Å². The number of aliphatic hydroxyl groups excluding tert-OH is 1. The van der Waals surface area contributed by atoms with Crippen LogP contribution in [0.3, 0.4) is 0 Å². The van der Waals surface area contributed by atoms with Gasteiger partial charge in [0.25, 0.3) is 11.7 Å². The highest BCUT2D eigenvalue weighted by atomic mass is 35.5. The van der Waals surface area contributed by atoms with Gasteiger partial charge in [-0.3, -0.25) is 14.5 Å². The molecular formula is C32H34ClNO6. The first-order valence-corrected chi connectivity index (χ1v) is 13.3. The molecule has 1 saturated heterocycles. The summed E-state index contributed by atoms with van der Waals surface area (Å²) in [7, 11) is 2.87. The fourth-order valence-electron chi connectivity index (χ4n) is 4.73. The molecule has 4 rings (SSSR count). The van der Waals surface area contributed by atoms with Gasteiger partial charge < -0.3 is 19.3 Å². The first-order valence-electron chi connectivity index (χ1n) is 13.0. The molecule has 1 aliphatic heterocycles. The number of aliphatic hydroxyl groups is 1. The highest BCUT2D eigenvalue weighted by molar-refractivity contribution is 6.51. The van der Waals surface area contributed by atoms with Crippen molar-refractivity contribution >= 4 is 34.7 Å². The van der Waals surface area contributed by atoms with Gasteiger partial charge >= 0.3 is 0 Å². The van der Waals surface area contributed by atoms with Gasteiger partial charge in [0, 0.05) is 11.8 Å². The van der Waals surface area contributed by atoms with E-state index in [1.807, 2.05) is 38.1 Å². The number of Topliss-reactive ketones (excluding diaryl/α,β-unsaturated/α-hetero) is 1. The number of ether oxygens (including phenoxy) is 3. The Morgan fingerprint density at radius 2 is 1.52 bits per heavy atom. The van der Waals surface area contributed by atoms with E-state index in [1.54, 1.807) is 24.3 Å². The lowest BCUT2D eigenvalue weighted by molar-refractivity contribution is -0.132. The van der Waals surface area contributed by atoms with Gasteiger partial charge in [-0.15, -0.1) is 0 Å². The number of anilines is 1. The highest BCUT2D eigenvalue weighted by Gasteiger charge is 2.47. The van der Waals surface area contributed by atoms with Gasteiger partial charge in [0.15, 0.2) is 0 Å². The van der Waals surface area contributed by atoms with Crippen molar-refractivity contribution in [1.29, 1.82) is 0 Å². The molecule has 210 valence electrons. The summed E-state index contributed by atoms with van der Waals surface area (Å²) in [6.07, 6.45) is -0.0230. The molecule has 1 amide bonds. The second-order valence-electron chi connectivity index (χ2n) is 10.9. The second-order valence-corrected chi connectivity index (χ2v) is 11.3. The Bertz CT molecular complexity index is 1450. The van der Waals surface area contributed by atoms with Gasteiger partial charge in [0.1, 0.15) is 23.0 Å². The second kappa shape index (κ2) is 11.3. The van der Waals surface area contributed by atoms with Crippen molar-refractivity contribution in [3.05, 3.63) is 87.9 Å². The van der Waals surface area contributed by atoms with Gasteiger partial charge in [-0.1, -0.05) is 56.6 Å². The largest absolute Gasteiger partial charge is 0.507 e. The van der Waals surface area contributed by atoms with Crippen molar-refractivity contribution in [2.24, 2.45) is 0 Å². The smallest absolute Gasteiger partial charge is 0.300 e. The lowest BCUT2D eigenvalue weighted by Crippen LogP contribution is -2.29. The topological polar surface area (TPSA) is 85.3 Å². The Labute approximate surface area is 239 Å². The summed E-state index contributed by atoms with van der Waals surface area (Å²) in [6, 6.07) is 16.7. The molecule has 0 spiro atoms. The number of hydrogen-bond donors (Lipinski definition) is 1. The molecule has 40 heavy (non-hydrogen) atoms. The van der Waals surface area contributed by atoms with E-state index in [2.05, 4.69) is 20.8 Å². The van der Waals surface area contributed by atoms with Gasteiger partial charge in [0.2, 0.25) is 0 Å². The van der Waals surface area contributed by atoms with Crippen LogP contribution in [0, 0.1) is 0 Å². The van der Waals surface area contributed by atoms with E-state index < -0.39 is 23.5 Å². The first-order chi connectivity index (χ1) is 18.9. The Morgan fingerprint density at radius 1 is 0.925 bits per heavy atom. The molecule has 3 aromatic rings. The number of carbonyl (C=O) groups is 2. The normalized spacial score (nSPS) is 16.9. The minimum Gasteiger partial charge on any atom is -0.507 e. The van der Waals surface area contributed by atoms with E-state index in [1.165, 1.54) is 31.3 Å². The predicted molar refractivity (Wildman–Crippen MR) is 157 cm³/mol. The van der Waals surface area contributed by atoms with Crippen LogP contribution in [-0.4, -0.2) is 37.1 Å².